The summed E-state index contributed by atoms with van der Waals surface area (Å²) in [6.07, 6.45) is 0. The number of aromatic hydroxyl groups is 2. The minimum Gasteiger partial charge on any atom is -0.503 e. The number of hydrogen-bond donors (Lipinski definition) is 2. The normalized spacial score (nSPS) is 8.86. The molecule has 0 saturated heterocycles. The van der Waals surface area contributed by atoms with Crippen LogP contribution in [0.1, 0.15) is 0 Å². The molecular weight excluding hydrogens is 226 g/mol. The predicted molar refractivity (Wildman–Crippen MR) is 29.6 cm³/mol. The monoisotopic (exact) mass is 228 g/mol. The smallest absolute Gasteiger partial charge is 0.503 e. The van der Waals surface area contributed by atoms with E-state index in [-0.39, 0.29) is 59.1 Å². The van der Waals surface area contributed by atoms with Gasteiger partial charge in [-0.2, -0.15) is 17.6 Å². The molecule has 0 fully saturated rings. The zero-order valence-electron chi connectivity index (χ0n) is 7.41. The van der Waals surface area contributed by atoms with E-state index in [1.165, 1.54) is 0 Å². The second-order valence-corrected chi connectivity index (χ2v) is 1.95. The molecule has 0 atom stereocenters. The summed E-state index contributed by atoms with van der Waals surface area (Å²) in [4.78, 5) is 0. The Labute approximate surface area is 121 Å². The van der Waals surface area contributed by atoms with Gasteiger partial charge in [-0.1, -0.05) is 0 Å². The Bertz CT molecular complexity index is 240. The molecule has 14 heavy (non-hydrogen) atoms. The van der Waals surface area contributed by atoms with Crippen LogP contribution in [0.4, 0.5) is 17.6 Å². The van der Waals surface area contributed by atoms with E-state index in [0.717, 1.165) is 0 Å². The fraction of sp³-hybridized carbons (Fsp3) is 0. The van der Waals surface area contributed by atoms with Gasteiger partial charge in [-0.25, -0.2) is 0 Å². The summed E-state index contributed by atoms with van der Waals surface area (Å²) in [6.45, 7) is 0. The Kier molecular flexibility index (Phi) is 7.50. The molecule has 0 spiro atoms. The van der Waals surface area contributed by atoms with Crippen molar-refractivity contribution >= 4 is 0 Å². The minimum atomic E-state index is -2.02. The second kappa shape index (κ2) is 6.19. The SMILES string of the molecule is Oc1c(F)c(F)c(O)c(F)c1F.[Na+].[Na+]. The zero-order valence-corrected chi connectivity index (χ0v) is 11.4. The molecule has 8 heteroatoms. The maximum absolute atomic E-state index is 12.2. The predicted octanol–water partition coefficient (Wildman–Crippen LogP) is -4.34. The van der Waals surface area contributed by atoms with Crippen LogP contribution in [0.2, 0.25) is 0 Å². The first-order valence-corrected chi connectivity index (χ1v) is 2.70. The average molecular weight is 228 g/mol. The van der Waals surface area contributed by atoms with Crippen molar-refractivity contribution in [1.82, 2.24) is 0 Å². The third kappa shape index (κ3) is 2.77. The summed E-state index contributed by atoms with van der Waals surface area (Å²) in [7, 11) is 0. The molecule has 1 aromatic rings. The van der Waals surface area contributed by atoms with Crippen molar-refractivity contribution < 1.29 is 86.9 Å². The van der Waals surface area contributed by atoms with Gasteiger partial charge in [-0.15, -0.1) is 0 Å². The van der Waals surface area contributed by atoms with Crippen molar-refractivity contribution in [2.24, 2.45) is 0 Å². The Morgan fingerprint density at radius 1 is 0.571 bits per heavy atom. The van der Waals surface area contributed by atoms with E-state index in [0.29, 0.717) is 0 Å². The molecule has 0 unspecified atom stereocenters. The van der Waals surface area contributed by atoms with Gasteiger partial charge in [0.2, 0.25) is 23.3 Å². The molecular formula is C6H2F4Na2O2+2. The Balaban J connectivity index is 0. The van der Waals surface area contributed by atoms with Crippen molar-refractivity contribution in [3.8, 4) is 11.5 Å². The van der Waals surface area contributed by atoms with Gasteiger partial charge in [0.15, 0.2) is 11.5 Å². The maximum Gasteiger partial charge on any atom is 1.00 e. The van der Waals surface area contributed by atoms with Gasteiger partial charge in [0.05, 0.1) is 0 Å². The minimum absolute atomic E-state index is 0. The number of rotatable bonds is 0. The van der Waals surface area contributed by atoms with Gasteiger partial charge in [-0.3, -0.25) is 0 Å². The van der Waals surface area contributed by atoms with Crippen LogP contribution in [0.15, 0.2) is 0 Å². The maximum atomic E-state index is 12.2. The summed E-state index contributed by atoms with van der Waals surface area (Å²) in [6, 6.07) is 0. The molecule has 0 aromatic heterocycles. The molecule has 66 valence electrons. The molecule has 0 amide bonds. The van der Waals surface area contributed by atoms with Crippen LogP contribution in [0.3, 0.4) is 0 Å². The molecule has 1 rings (SSSR count). The molecule has 2 nitrogen and oxygen atoms in total. The van der Waals surface area contributed by atoms with Crippen molar-refractivity contribution in [1.29, 1.82) is 0 Å². The van der Waals surface area contributed by atoms with Crippen LogP contribution in [-0.2, 0) is 0 Å². The van der Waals surface area contributed by atoms with E-state index in [1.807, 2.05) is 0 Å². The van der Waals surface area contributed by atoms with E-state index in [9.17, 15) is 17.6 Å². The number of benzene rings is 1. The van der Waals surface area contributed by atoms with Crippen LogP contribution < -0.4 is 59.1 Å². The summed E-state index contributed by atoms with van der Waals surface area (Å²) in [5.41, 5.74) is 0. The molecule has 0 aliphatic carbocycles. The van der Waals surface area contributed by atoms with E-state index >= 15 is 0 Å². The van der Waals surface area contributed by atoms with Crippen LogP contribution in [0.25, 0.3) is 0 Å². The first-order valence-electron chi connectivity index (χ1n) is 2.70. The first-order chi connectivity index (χ1) is 5.46. The molecule has 0 radical (unpaired) electrons. The number of phenols is 2. The fourth-order valence-electron chi connectivity index (χ4n) is 0.609. The van der Waals surface area contributed by atoms with Crippen LogP contribution >= 0.6 is 0 Å². The fourth-order valence-corrected chi connectivity index (χ4v) is 0.609. The van der Waals surface area contributed by atoms with Crippen LogP contribution in [0, 0.1) is 23.3 Å². The molecule has 2 N–H and O–H groups in total. The molecule has 0 aliphatic rings. The number of halogens is 4. The van der Waals surface area contributed by atoms with E-state index in [4.69, 9.17) is 10.2 Å². The topological polar surface area (TPSA) is 40.5 Å². The van der Waals surface area contributed by atoms with E-state index in [1.54, 1.807) is 0 Å². The van der Waals surface area contributed by atoms with Crippen molar-refractivity contribution in [3.05, 3.63) is 23.3 Å². The Hall–Kier alpha value is 0.540. The van der Waals surface area contributed by atoms with Gasteiger partial charge in [-0.05, 0) is 0 Å². The van der Waals surface area contributed by atoms with Gasteiger partial charge < -0.3 is 10.2 Å². The standard InChI is InChI=1S/C6H2F4O2.2Na/c7-1-2(8)6(12)4(10)3(9)5(1)11;;/h11-12H;;/q;2*+1. The molecule has 0 aliphatic heterocycles. The largest absolute Gasteiger partial charge is 1.00 e. The molecule has 1 aromatic carbocycles. The third-order valence-corrected chi connectivity index (χ3v) is 1.22. The number of hydrogen-bond acceptors (Lipinski definition) is 2. The van der Waals surface area contributed by atoms with E-state index < -0.39 is 34.8 Å². The Morgan fingerprint density at radius 2 is 0.714 bits per heavy atom. The summed E-state index contributed by atoms with van der Waals surface area (Å²) >= 11 is 0. The average Bonchev–Trinajstić information content (AvgIpc) is 2.08. The van der Waals surface area contributed by atoms with Gasteiger partial charge >= 0.3 is 59.1 Å². The molecule has 0 saturated carbocycles. The third-order valence-electron chi connectivity index (χ3n) is 1.22. The summed E-state index contributed by atoms with van der Waals surface area (Å²) in [5.74, 6) is -11.7. The zero-order chi connectivity index (χ0) is 9.46. The van der Waals surface area contributed by atoms with Gasteiger partial charge in [0.25, 0.3) is 0 Å². The second-order valence-electron chi connectivity index (χ2n) is 1.95. The molecule has 0 heterocycles. The van der Waals surface area contributed by atoms with Gasteiger partial charge in [0, 0.05) is 0 Å². The van der Waals surface area contributed by atoms with Gasteiger partial charge in [0.1, 0.15) is 0 Å². The van der Waals surface area contributed by atoms with Crippen LogP contribution in [-0.4, -0.2) is 10.2 Å². The van der Waals surface area contributed by atoms with E-state index in [2.05, 4.69) is 0 Å². The van der Waals surface area contributed by atoms with Crippen molar-refractivity contribution in [2.45, 2.75) is 0 Å². The van der Waals surface area contributed by atoms with Crippen molar-refractivity contribution in [2.75, 3.05) is 0 Å². The Morgan fingerprint density at radius 3 is 0.857 bits per heavy atom. The summed E-state index contributed by atoms with van der Waals surface area (Å²) < 4.78 is 49.0. The van der Waals surface area contributed by atoms with Crippen molar-refractivity contribution in [3.63, 3.8) is 0 Å². The number of phenolic OH excluding ortho intramolecular Hbond substituents is 2. The van der Waals surface area contributed by atoms with Crippen LogP contribution in [0.5, 0.6) is 11.5 Å². The first kappa shape index (κ1) is 17.0. The summed E-state index contributed by atoms with van der Waals surface area (Å²) in [5, 5.41) is 16.7. The quantitative estimate of drug-likeness (QED) is 0.204. The molecule has 0 bridgehead atoms.